The monoisotopic (exact) mass is 445 g/mol. The molecule has 2 aromatic carbocycles. The first-order valence-corrected chi connectivity index (χ1v) is 10.5. The maximum Gasteiger partial charge on any atom is 0.246 e. The first kappa shape index (κ1) is 20.8. The Hall–Kier alpha value is -2.50. The molecule has 4 rings (SSSR count). The van der Waals surface area contributed by atoms with Crippen molar-refractivity contribution in [1.82, 2.24) is 4.90 Å². The molecule has 2 heterocycles. The number of ether oxygens (including phenoxy) is 2. The number of likely N-dealkylation sites (tertiary alicyclic amines) is 1. The number of amides is 1. The summed E-state index contributed by atoms with van der Waals surface area (Å²) in [5, 5.41) is 0.921. The number of carbonyl (C=O) groups is 2. The number of carbonyl (C=O) groups excluding carboxylic acids is 2. The minimum atomic E-state index is -0.569. The van der Waals surface area contributed by atoms with Crippen LogP contribution < -0.4 is 9.47 Å². The van der Waals surface area contributed by atoms with Gasteiger partial charge in [-0.15, -0.1) is 0 Å². The van der Waals surface area contributed by atoms with E-state index in [1.165, 1.54) is 6.08 Å². The van der Waals surface area contributed by atoms with E-state index < -0.39 is 5.60 Å². The molecule has 5 nitrogen and oxygen atoms in total. The molecule has 0 N–H and O–H groups in total. The zero-order valence-electron chi connectivity index (χ0n) is 16.5. The fourth-order valence-corrected chi connectivity index (χ4v) is 4.21. The van der Waals surface area contributed by atoms with Crippen LogP contribution in [0.25, 0.3) is 6.08 Å². The van der Waals surface area contributed by atoms with Gasteiger partial charge < -0.3 is 14.4 Å². The highest BCUT2D eigenvalue weighted by atomic mass is 35.5. The Morgan fingerprint density at radius 2 is 1.90 bits per heavy atom. The van der Waals surface area contributed by atoms with Gasteiger partial charge in [-0.1, -0.05) is 29.3 Å². The van der Waals surface area contributed by atoms with E-state index in [0.29, 0.717) is 59.5 Å². The maximum atomic E-state index is 12.7. The van der Waals surface area contributed by atoms with E-state index in [1.54, 1.807) is 54.5 Å². The molecule has 0 aromatic heterocycles. The summed E-state index contributed by atoms with van der Waals surface area (Å²) in [5.41, 5.74) is 0.822. The van der Waals surface area contributed by atoms with E-state index in [1.807, 2.05) is 0 Å². The minimum Gasteiger partial charge on any atom is -0.497 e. The van der Waals surface area contributed by atoms with Crippen molar-refractivity contribution in [3.63, 3.8) is 0 Å². The van der Waals surface area contributed by atoms with Crippen molar-refractivity contribution in [1.29, 1.82) is 0 Å². The molecule has 0 atom stereocenters. The van der Waals surface area contributed by atoms with Crippen LogP contribution in [0.2, 0.25) is 10.0 Å². The Bertz CT molecular complexity index is 1030. The second-order valence-corrected chi connectivity index (χ2v) is 8.39. The zero-order valence-corrected chi connectivity index (χ0v) is 18.0. The molecule has 1 spiro atoms. The van der Waals surface area contributed by atoms with Crippen LogP contribution in [-0.2, 0) is 4.79 Å². The van der Waals surface area contributed by atoms with E-state index in [2.05, 4.69) is 0 Å². The Morgan fingerprint density at radius 1 is 1.13 bits per heavy atom. The van der Waals surface area contributed by atoms with Gasteiger partial charge in [0.25, 0.3) is 0 Å². The molecule has 1 saturated heterocycles. The van der Waals surface area contributed by atoms with Crippen molar-refractivity contribution in [2.75, 3.05) is 20.2 Å². The summed E-state index contributed by atoms with van der Waals surface area (Å²) >= 11 is 11.9. The average Bonchev–Trinajstić information content (AvgIpc) is 2.74. The molecule has 7 heteroatoms. The summed E-state index contributed by atoms with van der Waals surface area (Å²) in [6, 6.07) is 10.5. The van der Waals surface area contributed by atoms with Gasteiger partial charge in [0.15, 0.2) is 5.78 Å². The van der Waals surface area contributed by atoms with Crippen LogP contribution in [0.15, 0.2) is 42.5 Å². The van der Waals surface area contributed by atoms with Crippen molar-refractivity contribution in [3.05, 3.63) is 63.6 Å². The molecular weight excluding hydrogens is 425 g/mol. The summed E-state index contributed by atoms with van der Waals surface area (Å²) in [4.78, 5) is 27.0. The van der Waals surface area contributed by atoms with Crippen molar-refractivity contribution in [2.45, 2.75) is 24.9 Å². The summed E-state index contributed by atoms with van der Waals surface area (Å²) < 4.78 is 11.5. The van der Waals surface area contributed by atoms with Crippen molar-refractivity contribution in [3.8, 4) is 11.5 Å². The van der Waals surface area contributed by atoms with Crippen molar-refractivity contribution < 1.29 is 19.1 Å². The highest BCUT2D eigenvalue weighted by molar-refractivity contribution is 6.42. The number of ketones is 1. The van der Waals surface area contributed by atoms with Gasteiger partial charge in [-0.3, -0.25) is 9.59 Å². The predicted octanol–water partition coefficient (Wildman–Crippen LogP) is 5.04. The number of hydrogen-bond donors (Lipinski definition) is 0. The largest absolute Gasteiger partial charge is 0.497 e. The Morgan fingerprint density at radius 3 is 2.60 bits per heavy atom. The number of piperidine rings is 1. The van der Waals surface area contributed by atoms with Gasteiger partial charge in [-0.2, -0.15) is 0 Å². The SMILES string of the molecule is COc1ccc2c(c1)OC1(CCN(C(=O)/C=C/c3ccc(Cl)c(Cl)c3)CC1)CC2=O. The summed E-state index contributed by atoms with van der Waals surface area (Å²) in [6.45, 7) is 1.05. The van der Waals surface area contributed by atoms with Crippen LogP contribution in [0.4, 0.5) is 0 Å². The third kappa shape index (κ3) is 4.18. The van der Waals surface area contributed by atoms with Crippen LogP contribution in [0.5, 0.6) is 11.5 Å². The smallest absolute Gasteiger partial charge is 0.246 e. The second-order valence-electron chi connectivity index (χ2n) is 7.58. The van der Waals surface area contributed by atoms with E-state index >= 15 is 0 Å². The molecule has 156 valence electrons. The highest BCUT2D eigenvalue weighted by Gasteiger charge is 2.43. The predicted molar refractivity (Wildman–Crippen MR) is 117 cm³/mol. The third-order valence-electron chi connectivity index (χ3n) is 5.65. The van der Waals surface area contributed by atoms with Gasteiger partial charge >= 0.3 is 0 Å². The lowest BCUT2D eigenvalue weighted by atomic mass is 9.82. The Kier molecular flexibility index (Phi) is 5.76. The van der Waals surface area contributed by atoms with Crippen LogP contribution in [-0.4, -0.2) is 42.4 Å². The van der Waals surface area contributed by atoms with Gasteiger partial charge in [0.05, 0.1) is 29.1 Å². The molecule has 0 bridgehead atoms. The van der Waals surface area contributed by atoms with Gasteiger partial charge in [0, 0.05) is 38.1 Å². The summed E-state index contributed by atoms with van der Waals surface area (Å²) in [7, 11) is 1.58. The van der Waals surface area contributed by atoms with Crippen molar-refractivity contribution >= 4 is 41.0 Å². The van der Waals surface area contributed by atoms with Gasteiger partial charge in [-0.05, 0) is 35.9 Å². The third-order valence-corrected chi connectivity index (χ3v) is 6.39. The molecular formula is C23H21Cl2NO4. The number of nitrogens with zero attached hydrogens (tertiary/aromatic N) is 1. The molecule has 30 heavy (non-hydrogen) atoms. The van der Waals surface area contributed by atoms with Gasteiger partial charge in [-0.25, -0.2) is 0 Å². The molecule has 1 fully saturated rings. The number of halogens is 2. The van der Waals surface area contributed by atoms with E-state index in [0.717, 1.165) is 5.56 Å². The minimum absolute atomic E-state index is 0.0678. The first-order chi connectivity index (χ1) is 14.4. The lowest BCUT2D eigenvalue weighted by Gasteiger charge is -2.43. The van der Waals surface area contributed by atoms with Gasteiger partial charge in [0.2, 0.25) is 5.91 Å². The number of benzene rings is 2. The summed E-state index contributed by atoms with van der Waals surface area (Å²) in [5.74, 6) is 1.20. The lowest BCUT2D eigenvalue weighted by Crippen LogP contribution is -2.52. The number of fused-ring (bicyclic) bond motifs is 1. The maximum absolute atomic E-state index is 12.7. The number of methoxy groups -OCH3 is 1. The van der Waals surface area contributed by atoms with Gasteiger partial charge in [0.1, 0.15) is 17.1 Å². The second kappa shape index (κ2) is 8.32. The number of hydrogen-bond acceptors (Lipinski definition) is 4. The van der Waals surface area contributed by atoms with E-state index in [4.69, 9.17) is 32.7 Å². The topological polar surface area (TPSA) is 55.8 Å². The first-order valence-electron chi connectivity index (χ1n) is 9.71. The summed E-state index contributed by atoms with van der Waals surface area (Å²) in [6.07, 6.45) is 4.78. The average molecular weight is 446 g/mol. The van der Waals surface area contributed by atoms with Crippen LogP contribution in [0.1, 0.15) is 35.2 Å². The molecule has 0 radical (unpaired) electrons. The molecule has 2 aliphatic heterocycles. The molecule has 2 aliphatic rings. The molecule has 0 saturated carbocycles. The number of rotatable bonds is 3. The van der Waals surface area contributed by atoms with E-state index in [9.17, 15) is 9.59 Å². The fourth-order valence-electron chi connectivity index (χ4n) is 3.90. The van der Waals surface area contributed by atoms with Crippen LogP contribution in [0.3, 0.4) is 0 Å². The molecule has 0 unspecified atom stereocenters. The molecule has 0 aliphatic carbocycles. The normalized spacial score (nSPS) is 17.7. The molecule has 2 aromatic rings. The fraction of sp³-hybridized carbons (Fsp3) is 0.304. The van der Waals surface area contributed by atoms with E-state index in [-0.39, 0.29) is 11.7 Å². The standard InChI is InChI=1S/C23H21Cl2NO4/c1-29-16-4-5-17-20(27)14-23(30-21(17)13-16)8-10-26(11-9-23)22(28)7-3-15-2-6-18(24)19(25)12-15/h2-7,12-13H,8-11,14H2,1H3/b7-3+. The van der Waals surface area contributed by atoms with Crippen molar-refractivity contribution in [2.24, 2.45) is 0 Å². The quantitative estimate of drug-likeness (QED) is 0.620. The highest BCUT2D eigenvalue weighted by Crippen LogP contribution is 2.40. The van der Waals surface area contributed by atoms with Crippen LogP contribution in [0, 0.1) is 0 Å². The van der Waals surface area contributed by atoms with Crippen LogP contribution >= 0.6 is 23.2 Å². The zero-order chi connectivity index (χ0) is 21.3. The Balaban J connectivity index is 1.41. The lowest BCUT2D eigenvalue weighted by molar-refractivity contribution is -0.129. The Labute approximate surface area is 185 Å². The molecule has 1 amide bonds. The number of Topliss-reactive ketones (excluding diaryl/α,β-unsaturated/α-hetero) is 1.